The van der Waals surface area contributed by atoms with Gasteiger partial charge in [0.05, 0.1) is 17.4 Å². The zero-order chi connectivity index (χ0) is 17.2. The van der Waals surface area contributed by atoms with E-state index in [9.17, 15) is 0 Å². The van der Waals surface area contributed by atoms with Crippen LogP contribution < -0.4 is 0 Å². The van der Waals surface area contributed by atoms with Crippen molar-refractivity contribution in [3.8, 4) is 11.3 Å². The number of hydrogen-bond donors (Lipinski definition) is 0. The molecule has 0 aliphatic carbocycles. The largest absolute Gasteiger partial charge is 0.360 e. The van der Waals surface area contributed by atoms with Gasteiger partial charge in [-0.2, -0.15) is 5.10 Å². The topological polar surface area (TPSA) is 52.8 Å². The van der Waals surface area contributed by atoms with Gasteiger partial charge in [0.25, 0.3) is 0 Å². The van der Waals surface area contributed by atoms with Crippen molar-refractivity contribution in [1.29, 1.82) is 0 Å². The van der Waals surface area contributed by atoms with E-state index >= 15 is 0 Å². The standard InChI is InChI=1S/C17H21IN4OSi/c1-24(2,3)8-7-23-12-22-16-11-20-15(9-14(16)17(18)21-22)13-5-4-6-19-10-13/h4-6,9-11H,7-8,12H2,1-3H3. The first-order valence-electron chi connectivity index (χ1n) is 7.94. The molecule has 126 valence electrons. The van der Waals surface area contributed by atoms with Crippen LogP contribution in [0.15, 0.2) is 36.8 Å². The number of ether oxygens (including phenoxy) is 1. The Morgan fingerprint density at radius 3 is 2.79 bits per heavy atom. The fourth-order valence-corrected chi connectivity index (χ4v) is 3.78. The van der Waals surface area contributed by atoms with Gasteiger partial charge in [0.1, 0.15) is 10.4 Å². The van der Waals surface area contributed by atoms with Crippen LogP contribution in [0.25, 0.3) is 22.2 Å². The average molecular weight is 452 g/mol. The summed E-state index contributed by atoms with van der Waals surface area (Å²) in [6, 6.07) is 7.16. The summed E-state index contributed by atoms with van der Waals surface area (Å²) in [6.07, 6.45) is 5.46. The molecule has 0 unspecified atom stereocenters. The van der Waals surface area contributed by atoms with Crippen LogP contribution in [0.2, 0.25) is 25.7 Å². The van der Waals surface area contributed by atoms with Crippen molar-refractivity contribution in [3.63, 3.8) is 0 Å². The van der Waals surface area contributed by atoms with Crippen LogP contribution >= 0.6 is 22.6 Å². The van der Waals surface area contributed by atoms with Crippen molar-refractivity contribution >= 4 is 41.6 Å². The molecule has 0 aromatic carbocycles. The predicted octanol–water partition coefficient (Wildman–Crippen LogP) is 4.41. The number of halogens is 1. The van der Waals surface area contributed by atoms with Crippen LogP contribution in [-0.4, -0.2) is 34.4 Å². The maximum Gasteiger partial charge on any atom is 0.140 e. The maximum absolute atomic E-state index is 5.83. The lowest BCUT2D eigenvalue weighted by atomic mass is 10.1. The Balaban J connectivity index is 1.79. The molecule has 24 heavy (non-hydrogen) atoms. The fourth-order valence-electron chi connectivity index (χ4n) is 2.33. The smallest absolute Gasteiger partial charge is 0.140 e. The summed E-state index contributed by atoms with van der Waals surface area (Å²) in [6.45, 7) is 8.32. The molecule has 0 fully saturated rings. The van der Waals surface area contributed by atoms with Crippen LogP contribution in [-0.2, 0) is 11.5 Å². The molecule has 0 saturated carbocycles. The first-order valence-corrected chi connectivity index (χ1v) is 12.7. The lowest BCUT2D eigenvalue weighted by Crippen LogP contribution is -2.22. The molecular weight excluding hydrogens is 431 g/mol. The third kappa shape index (κ3) is 4.20. The van der Waals surface area contributed by atoms with E-state index in [1.54, 1.807) is 6.20 Å². The van der Waals surface area contributed by atoms with Gasteiger partial charge in [-0.05, 0) is 46.8 Å². The molecule has 0 aliphatic rings. The molecule has 0 radical (unpaired) electrons. The Bertz CT molecular complexity index is 830. The highest BCUT2D eigenvalue weighted by molar-refractivity contribution is 14.1. The predicted molar refractivity (Wildman–Crippen MR) is 108 cm³/mol. The molecule has 0 amide bonds. The second kappa shape index (κ2) is 7.28. The zero-order valence-corrected chi connectivity index (χ0v) is 17.3. The lowest BCUT2D eigenvalue weighted by molar-refractivity contribution is 0.0814. The van der Waals surface area contributed by atoms with Gasteiger partial charge in [0.2, 0.25) is 0 Å². The van der Waals surface area contributed by atoms with E-state index in [0.29, 0.717) is 6.73 Å². The first-order chi connectivity index (χ1) is 11.4. The van der Waals surface area contributed by atoms with E-state index in [1.807, 2.05) is 29.2 Å². The highest BCUT2D eigenvalue weighted by Crippen LogP contribution is 2.25. The van der Waals surface area contributed by atoms with Gasteiger partial charge in [0.15, 0.2) is 0 Å². The lowest BCUT2D eigenvalue weighted by Gasteiger charge is -2.15. The van der Waals surface area contributed by atoms with Crippen molar-refractivity contribution in [2.24, 2.45) is 0 Å². The fraction of sp³-hybridized carbons (Fsp3) is 0.353. The third-order valence-corrected chi connectivity index (χ3v) is 6.26. The Labute approximate surface area is 156 Å². The molecule has 0 atom stereocenters. The number of hydrogen-bond acceptors (Lipinski definition) is 4. The van der Waals surface area contributed by atoms with Crippen molar-refractivity contribution in [2.75, 3.05) is 6.61 Å². The minimum atomic E-state index is -1.06. The van der Waals surface area contributed by atoms with E-state index in [2.05, 4.69) is 63.4 Å². The number of pyridine rings is 2. The van der Waals surface area contributed by atoms with E-state index in [1.165, 1.54) is 0 Å². The Morgan fingerprint density at radius 2 is 2.08 bits per heavy atom. The Kier molecular flexibility index (Phi) is 5.31. The summed E-state index contributed by atoms with van der Waals surface area (Å²) >= 11 is 2.26. The van der Waals surface area contributed by atoms with E-state index < -0.39 is 8.07 Å². The Hall–Kier alpha value is -1.32. The molecule has 0 saturated heterocycles. The molecule has 3 aromatic rings. The van der Waals surface area contributed by atoms with Crippen LogP contribution in [0, 0.1) is 3.70 Å². The third-order valence-electron chi connectivity index (χ3n) is 3.76. The molecular formula is C17H21IN4OSi. The highest BCUT2D eigenvalue weighted by Gasteiger charge is 2.14. The average Bonchev–Trinajstić information content (AvgIpc) is 2.87. The number of rotatable bonds is 6. The van der Waals surface area contributed by atoms with E-state index in [-0.39, 0.29) is 0 Å². The summed E-state index contributed by atoms with van der Waals surface area (Å²) in [7, 11) is -1.06. The van der Waals surface area contributed by atoms with Crippen molar-refractivity contribution in [2.45, 2.75) is 32.4 Å². The van der Waals surface area contributed by atoms with Crippen LogP contribution in [0.1, 0.15) is 0 Å². The molecule has 5 nitrogen and oxygen atoms in total. The first kappa shape index (κ1) is 17.5. The maximum atomic E-state index is 5.83. The van der Waals surface area contributed by atoms with Gasteiger partial charge in [0, 0.05) is 38.0 Å². The number of nitrogens with zero attached hydrogens (tertiary/aromatic N) is 4. The number of aromatic nitrogens is 4. The summed E-state index contributed by atoms with van der Waals surface area (Å²) in [5, 5.41) is 5.69. The van der Waals surface area contributed by atoms with Crippen LogP contribution in [0.3, 0.4) is 0 Å². The molecule has 3 aromatic heterocycles. The van der Waals surface area contributed by atoms with Crippen molar-refractivity contribution < 1.29 is 4.74 Å². The summed E-state index contributed by atoms with van der Waals surface area (Å²) < 4.78 is 8.68. The molecule has 3 heterocycles. The van der Waals surface area contributed by atoms with Gasteiger partial charge in [-0.1, -0.05) is 19.6 Å². The SMILES string of the molecule is C[Si](C)(C)CCOCn1nc(I)c2cc(-c3cccnc3)ncc21. The highest BCUT2D eigenvalue weighted by atomic mass is 127. The molecule has 0 aliphatic heterocycles. The summed E-state index contributed by atoms with van der Waals surface area (Å²) in [4.78, 5) is 8.72. The Morgan fingerprint density at radius 1 is 1.25 bits per heavy atom. The zero-order valence-electron chi connectivity index (χ0n) is 14.2. The van der Waals surface area contributed by atoms with Crippen molar-refractivity contribution in [1.82, 2.24) is 19.7 Å². The normalized spacial score (nSPS) is 12.0. The van der Waals surface area contributed by atoms with Gasteiger partial charge in [-0.25, -0.2) is 4.68 Å². The molecule has 0 bridgehead atoms. The molecule has 0 N–H and O–H groups in total. The van der Waals surface area contributed by atoms with Gasteiger partial charge in [-0.15, -0.1) is 0 Å². The van der Waals surface area contributed by atoms with E-state index in [0.717, 1.165) is 38.5 Å². The molecule has 0 spiro atoms. The molecule has 3 rings (SSSR count). The summed E-state index contributed by atoms with van der Waals surface area (Å²) in [5.74, 6) is 0. The van der Waals surface area contributed by atoms with Crippen LogP contribution in [0.5, 0.6) is 0 Å². The van der Waals surface area contributed by atoms with E-state index in [4.69, 9.17) is 4.74 Å². The molecule has 7 heteroatoms. The monoisotopic (exact) mass is 452 g/mol. The van der Waals surface area contributed by atoms with Gasteiger partial charge < -0.3 is 4.74 Å². The second-order valence-electron chi connectivity index (χ2n) is 6.97. The van der Waals surface area contributed by atoms with Crippen LogP contribution in [0.4, 0.5) is 0 Å². The summed E-state index contributed by atoms with van der Waals surface area (Å²) in [5.41, 5.74) is 2.92. The minimum Gasteiger partial charge on any atom is -0.360 e. The quantitative estimate of drug-likeness (QED) is 0.316. The van der Waals surface area contributed by atoms with Gasteiger partial charge >= 0.3 is 0 Å². The number of fused-ring (bicyclic) bond motifs is 1. The minimum absolute atomic E-state index is 0.470. The van der Waals surface area contributed by atoms with Crippen molar-refractivity contribution in [3.05, 3.63) is 40.5 Å². The van der Waals surface area contributed by atoms with Gasteiger partial charge in [-0.3, -0.25) is 9.97 Å². The second-order valence-corrected chi connectivity index (χ2v) is 13.6.